The van der Waals surface area contributed by atoms with Gasteiger partial charge in [0.1, 0.15) is 5.82 Å². The molecule has 0 unspecified atom stereocenters. The molecule has 36 heavy (non-hydrogen) atoms. The number of para-hydroxylation sites is 1. The molecule has 0 aliphatic carbocycles. The third kappa shape index (κ3) is 5.38. The number of halogens is 1. The van der Waals surface area contributed by atoms with Gasteiger partial charge in [0.05, 0.1) is 11.3 Å². The van der Waals surface area contributed by atoms with Gasteiger partial charge in [0.15, 0.2) is 0 Å². The lowest BCUT2D eigenvalue weighted by atomic mass is 9.94. The van der Waals surface area contributed by atoms with Crippen LogP contribution in [0, 0.1) is 5.82 Å². The number of carbonyl (C=O) groups is 2. The van der Waals surface area contributed by atoms with Crippen LogP contribution in [0.2, 0.25) is 0 Å². The molecule has 6 heteroatoms. The number of nitrogens with one attached hydrogen (secondary N) is 2. The van der Waals surface area contributed by atoms with Crippen LogP contribution in [0.3, 0.4) is 0 Å². The smallest absolute Gasteiger partial charge is 0.258 e. The molecule has 0 aliphatic rings. The van der Waals surface area contributed by atoms with E-state index in [4.69, 9.17) is 0 Å². The first-order valence-electron chi connectivity index (χ1n) is 12.1. The van der Waals surface area contributed by atoms with Gasteiger partial charge in [0.2, 0.25) is 5.91 Å². The Labute approximate surface area is 211 Å². The molecule has 0 fully saturated rings. The monoisotopic (exact) mass is 483 g/mol. The fourth-order valence-corrected chi connectivity index (χ4v) is 4.55. The van der Waals surface area contributed by atoms with Crippen LogP contribution < -0.4 is 10.6 Å². The molecule has 0 radical (unpaired) electrons. The van der Waals surface area contributed by atoms with Crippen molar-refractivity contribution in [2.75, 3.05) is 11.9 Å². The first kappa shape index (κ1) is 24.9. The lowest BCUT2D eigenvalue weighted by Crippen LogP contribution is -2.26. The van der Waals surface area contributed by atoms with Crippen LogP contribution in [0.5, 0.6) is 0 Å². The summed E-state index contributed by atoms with van der Waals surface area (Å²) in [5, 5.41) is 5.92. The predicted octanol–water partition coefficient (Wildman–Crippen LogP) is 6.47. The van der Waals surface area contributed by atoms with Gasteiger partial charge in [-0.05, 0) is 53.4 Å². The molecule has 0 bridgehead atoms. The molecule has 4 rings (SSSR count). The lowest BCUT2D eigenvalue weighted by molar-refractivity contribution is -0.118. The summed E-state index contributed by atoms with van der Waals surface area (Å²) in [6, 6.07) is 25.4. The number of aromatic nitrogens is 1. The highest BCUT2D eigenvalue weighted by Crippen LogP contribution is 2.42. The van der Waals surface area contributed by atoms with E-state index in [0.717, 1.165) is 28.1 Å². The Balaban J connectivity index is 2.00. The Morgan fingerprint density at radius 1 is 0.861 bits per heavy atom. The second-order valence-electron chi connectivity index (χ2n) is 8.97. The van der Waals surface area contributed by atoms with Crippen molar-refractivity contribution >= 4 is 17.5 Å². The van der Waals surface area contributed by atoms with Crippen molar-refractivity contribution in [3.63, 3.8) is 0 Å². The van der Waals surface area contributed by atoms with Crippen LogP contribution in [0.15, 0.2) is 84.9 Å². The molecule has 4 aromatic rings. The summed E-state index contributed by atoms with van der Waals surface area (Å²) >= 11 is 0. The Morgan fingerprint density at radius 3 is 2.06 bits per heavy atom. The van der Waals surface area contributed by atoms with Crippen LogP contribution in [0.25, 0.3) is 22.4 Å². The van der Waals surface area contributed by atoms with E-state index >= 15 is 0 Å². The van der Waals surface area contributed by atoms with Crippen LogP contribution in [-0.4, -0.2) is 22.9 Å². The van der Waals surface area contributed by atoms with Crippen molar-refractivity contribution in [1.82, 2.24) is 9.88 Å². The van der Waals surface area contributed by atoms with Crippen molar-refractivity contribution in [2.24, 2.45) is 0 Å². The van der Waals surface area contributed by atoms with Gasteiger partial charge in [-0.2, -0.15) is 0 Å². The van der Waals surface area contributed by atoms with E-state index in [1.165, 1.54) is 19.1 Å². The number of hydrogen-bond donors (Lipinski definition) is 2. The molecule has 0 aliphatic heterocycles. The van der Waals surface area contributed by atoms with Crippen molar-refractivity contribution in [1.29, 1.82) is 0 Å². The first-order valence-corrected chi connectivity index (χ1v) is 12.1. The molecule has 1 heterocycles. The number of rotatable bonds is 8. The van der Waals surface area contributed by atoms with Crippen molar-refractivity contribution in [3.05, 3.63) is 102 Å². The molecule has 0 saturated carbocycles. The number of benzene rings is 3. The van der Waals surface area contributed by atoms with E-state index in [-0.39, 0.29) is 23.5 Å². The molecule has 1 aromatic heterocycles. The maximum absolute atomic E-state index is 13.9. The standard InChI is InChI=1S/C30H30FN3O2/c1-20(2)28-27(30(36)33-25-12-8-5-9-13-25)26(22-10-6-4-7-11-22)29(23-14-16-24(31)17-15-23)34(28)19-18-32-21(3)35/h4-17,20H,18-19H2,1-3H3,(H,32,35)(H,33,36). The normalized spacial score (nSPS) is 10.9. The second kappa shape index (κ2) is 11.0. The van der Waals surface area contributed by atoms with E-state index in [2.05, 4.69) is 15.2 Å². The Hall–Kier alpha value is -4.19. The topological polar surface area (TPSA) is 63.1 Å². The quantitative estimate of drug-likeness (QED) is 0.302. The molecule has 2 N–H and O–H groups in total. The Bertz CT molecular complexity index is 1340. The average molecular weight is 484 g/mol. The van der Waals surface area contributed by atoms with Gasteiger partial charge in [-0.3, -0.25) is 9.59 Å². The minimum absolute atomic E-state index is 0.00416. The molecule has 5 nitrogen and oxygen atoms in total. The van der Waals surface area contributed by atoms with Crippen LogP contribution in [0.1, 0.15) is 42.7 Å². The summed E-state index contributed by atoms with van der Waals surface area (Å²) in [6.45, 7) is 6.43. The minimum Gasteiger partial charge on any atom is -0.355 e. The zero-order chi connectivity index (χ0) is 25.7. The minimum atomic E-state index is -0.331. The number of carbonyl (C=O) groups excluding carboxylic acids is 2. The summed E-state index contributed by atoms with van der Waals surface area (Å²) in [5.41, 5.74) is 5.39. The van der Waals surface area contributed by atoms with E-state index in [0.29, 0.717) is 24.3 Å². The molecule has 184 valence electrons. The second-order valence-corrected chi connectivity index (χ2v) is 8.97. The van der Waals surface area contributed by atoms with Crippen LogP contribution in [-0.2, 0) is 11.3 Å². The summed E-state index contributed by atoms with van der Waals surface area (Å²) in [5.74, 6) is -0.676. The highest BCUT2D eigenvalue weighted by Gasteiger charge is 2.30. The van der Waals surface area contributed by atoms with Gasteiger partial charge in [-0.1, -0.05) is 62.4 Å². The van der Waals surface area contributed by atoms with Crippen molar-refractivity contribution < 1.29 is 14.0 Å². The van der Waals surface area contributed by atoms with Crippen molar-refractivity contribution in [2.45, 2.75) is 33.2 Å². The summed E-state index contributed by atoms with van der Waals surface area (Å²) < 4.78 is 16.0. The van der Waals surface area contributed by atoms with E-state index in [9.17, 15) is 14.0 Å². The van der Waals surface area contributed by atoms with Crippen LogP contribution in [0.4, 0.5) is 10.1 Å². The highest BCUT2D eigenvalue weighted by molar-refractivity contribution is 6.12. The number of amides is 2. The summed E-state index contributed by atoms with van der Waals surface area (Å²) in [4.78, 5) is 25.5. The molecule has 3 aromatic carbocycles. The summed E-state index contributed by atoms with van der Waals surface area (Å²) in [6.07, 6.45) is 0. The van der Waals surface area contributed by atoms with Gasteiger partial charge < -0.3 is 15.2 Å². The molecule has 0 atom stereocenters. The Kier molecular flexibility index (Phi) is 7.64. The van der Waals surface area contributed by atoms with E-state index in [1.54, 1.807) is 12.1 Å². The van der Waals surface area contributed by atoms with Crippen LogP contribution >= 0.6 is 0 Å². The zero-order valence-electron chi connectivity index (χ0n) is 20.7. The third-order valence-electron chi connectivity index (χ3n) is 6.00. The van der Waals surface area contributed by atoms with Gasteiger partial charge in [-0.25, -0.2) is 4.39 Å². The predicted molar refractivity (Wildman–Crippen MR) is 142 cm³/mol. The van der Waals surface area contributed by atoms with E-state index in [1.807, 2.05) is 74.5 Å². The molecule has 2 amide bonds. The third-order valence-corrected chi connectivity index (χ3v) is 6.00. The van der Waals surface area contributed by atoms with Gasteiger partial charge in [-0.15, -0.1) is 0 Å². The number of hydrogen-bond acceptors (Lipinski definition) is 2. The van der Waals surface area contributed by atoms with Gasteiger partial charge in [0.25, 0.3) is 5.91 Å². The highest BCUT2D eigenvalue weighted by atomic mass is 19.1. The molecular weight excluding hydrogens is 453 g/mol. The molecule has 0 spiro atoms. The molecule has 0 saturated heterocycles. The largest absolute Gasteiger partial charge is 0.355 e. The Morgan fingerprint density at radius 2 is 1.47 bits per heavy atom. The average Bonchev–Trinajstić information content (AvgIpc) is 3.21. The SMILES string of the molecule is CC(=O)NCCn1c(-c2ccc(F)cc2)c(-c2ccccc2)c(C(=O)Nc2ccccc2)c1C(C)C. The summed E-state index contributed by atoms with van der Waals surface area (Å²) in [7, 11) is 0. The fraction of sp³-hybridized carbons (Fsp3) is 0.200. The van der Waals surface area contributed by atoms with Crippen molar-refractivity contribution in [3.8, 4) is 22.4 Å². The van der Waals surface area contributed by atoms with E-state index < -0.39 is 0 Å². The van der Waals surface area contributed by atoms with Gasteiger partial charge >= 0.3 is 0 Å². The number of nitrogens with zero attached hydrogens (tertiary/aromatic N) is 1. The van der Waals surface area contributed by atoms with Gasteiger partial charge in [0, 0.05) is 37.0 Å². The maximum atomic E-state index is 13.9. The molecular formula is C30H30FN3O2. The number of anilines is 1. The zero-order valence-corrected chi connectivity index (χ0v) is 20.7. The fourth-order valence-electron chi connectivity index (χ4n) is 4.55. The first-order chi connectivity index (χ1) is 17.4. The maximum Gasteiger partial charge on any atom is 0.258 e. The lowest BCUT2D eigenvalue weighted by Gasteiger charge is -2.17.